The molecule has 0 fully saturated rings. The van der Waals surface area contributed by atoms with Gasteiger partial charge in [0.05, 0.1) is 0 Å². The Labute approximate surface area is 83.2 Å². The Morgan fingerprint density at radius 1 is 1.64 bits per heavy atom. The van der Waals surface area contributed by atoms with Gasteiger partial charge in [-0.15, -0.1) is 0 Å². The van der Waals surface area contributed by atoms with Crippen LogP contribution in [-0.4, -0.2) is 21.2 Å². The van der Waals surface area contributed by atoms with Crippen LogP contribution >= 0.6 is 0 Å². The van der Waals surface area contributed by atoms with Crippen molar-refractivity contribution in [2.24, 2.45) is 5.16 Å². The molecule has 1 aromatic rings. The number of anilines is 1. The molecule has 0 atom stereocenters. The molecule has 1 rings (SSSR count). The lowest BCUT2D eigenvalue weighted by Crippen LogP contribution is -2.11. The van der Waals surface area contributed by atoms with Crippen molar-refractivity contribution in [3.8, 4) is 0 Å². The van der Waals surface area contributed by atoms with Gasteiger partial charge in [0.25, 0.3) is 0 Å². The van der Waals surface area contributed by atoms with Crippen LogP contribution in [0.4, 0.5) is 5.82 Å². The summed E-state index contributed by atoms with van der Waals surface area (Å²) in [6, 6.07) is 1.90. The Kier molecular flexibility index (Phi) is 3.97. The minimum absolute atomic E-state index is 0.543. The second-order valence-corrected chi connectivity index (χ2v) is 3.05. The maximum atomic E-state index is 8.67. The van der Waals surface area contributed by atoms with Crippen LogP contribution in [0.15, 0.2) is 11.2 Å². The number of hydrogen-bond donors (Lipinski definition) is 3. The SMILES string of the molecule is CCCC(=NO)Nc1cc(CC)[nH]n1. The number of hydrogen-bond acceptors (Lipinski definition) is 3. The molecule has 1 heterocycles. The summed E-state index contributed by atoms with van der Waals surface area (Å²) in [6.45, 7) is 4.07. The lowest BCUT2D eigenvalue weighted by molar-refractivity contribution is 0.317. The Balaban J connectivity index is 2.58. The fraction of sp³-hybridized carbons (Fsp3) is 0.556. The summed E-state index contributed by atoms with van der Waals surface area (Å²) in [5.41, 5.74) is 1.06. The predicted molar refractivity (Wildman–Crippen MR) is 55.7 cm³/mol. The van der Waals surface area contributed by atoms with Gasteiger partial charge in [0.1, 0.15) is 5.84 Å². The Bertz CT molecular complexity index is 306. The molecule has 14 heavy (non-hydrogen) atoms. The zero-order chi connectivity index (χ0) is 10.4. The zero-order valence-corrected chi connectivity index (χ0v) is 8.54. The van der Waals surface area contributed by atoms with Crippen molar-refractivity contribution in [3.63, 3.8) is 0 Å². The van der Waals surface area contributed by atoms with Crippen molar-refractivity contribution in [1.29, 1.82) is 0 Å². The van der Waals surface area contributed by atoms with Gasteiger partial charge in [-0.3, -0.25) is 5.10 Å². The van der Waals surface area contributed by atoms with Gasteiger partial charge in [-0.05, 0) is 12.8 Å². The first kappa shape index (κ1) is 10.6. The number of nitrogens with one attached hydrogen (secondary N) is 2. The molecule has 0 aromatic carbocycles. The maximum absolute atomic E-state index is 8.67. The van der Waals surface area contributed by atoms with E-state index in [1.165, 1.54) is 0 Å². The van der Waals surface area contributed by atoms with Gasteiger partial charge in [0, 0.05) is 18.2 Å². The number of aryl methyl sites for hydroxylation is 1. The smallest absolute Gasteiger partial charge is 0.153 e. The molecule has 0 bridgehead atoms. The normalized spacial score (nSPS) is 11.7. The molecule has 1 aromatic heterocycles. The average Bonchev–Trinajstić information content (AvgIpc) is 2.65. The molecular weight excluding hydrogens is 180 g/mol. The highest BCUT2D eigenvalue weighted by Crippen LogP contribution is 2.06. The third kappa shape index (κ3) is 2.76. The van der Waals surface area contributed by atoms with Crippen LogP contribution in [0.5, 0.6) is 0 Å². The molecular formula is C9H16N4O. The summed E-state index contributed by atoms with van der Waals surface area (Å²) >= 11 is 0. The number of oxime groups is 1. The van der Waals surface area contributed by atoms with Gasteiger partial charge in [-0.25, -0.2) is 0 Å². The molecule has 0 saturated carbocycles. The highest BCUT2D eigenvalue weighted by molar-refractivity contribution is 5.94. The first-order valence-electron chi connectivity index (χ1n) is 4.82. The van der Waals surface area contributed by atoms with Gasteiger partial charge in [0.2, 0.25) is 0 Å². The summed E-state index contributed by atoms with van der Waals surface area (Å²) in [7, 11) is 0. The molecule has 0 aliphatic heterocycles. The van der Waals surface area contributed by atoms with Crippen LogP contribution < -0.4 is 5.32 Å². The predicted octanol–water partition coefficient (Wildman–Crippen LogP) is 1.97. The molecule has 3 N–H and O–H groups in total. The molecule has 0 spiro atoms. The number of H-pyrrole nitrogens is 1. The van der Waals surface area contributed by atoms with E-state index in [-0.39, 0.29) is 0 Å². The largest absolute Gasteiger partial charge is 0.409 e. The molecule has 5 heteroatoms. The van der Waals surface area contributed by atoms with Crippen molar-refractivity contribution >= 4 is 11.7 Å². The molecule has 0 amide bonds. The van der Waals surface area contributed by atoms with Gasteiger partial charge in [-0.1, -0.05) is 19.0 Å². The van der Waals surface area contributed by atoms with Crippen LogP contribution in [-0.2, 0) is 6.42 Å². The summed E-state index contributed by atoms with van der Waals surface area (Å²) in [4.78, 5) is 0. The van der Waals surface area contributed by atoms with E-state index in [9.17, 15) is 0 Å². The molecule has 0 saturated heterocycles. The second-order valence-electron chi connectivity index (χ2n) is 3.05. The van der Waals surface area contributed by atoms with Gasteiger partial charge in [0.15, 0.2) is 5.82 Å². The number of rotatable bonds is 4. The molecule has 0 radical (unpaired) electrons. The number of aromatic nitrogens is 2. The van der Waals surface area contributed by atoms with E-state index in [1.54, 1.807) is 0 Å². The number of nitrogens with zero attached hydrogens (tertiary/aromatic N) is 2. The van der Waals surface area contributed by atoms with E-state index in [2.05, 4.69) is 20.7 Å². The zero-order valence-electron chi connectivity index (χ0n) is 8.54. The van der Waals surface area contributed by atoms with E-state index in [1.807, 2.05) is 19.9 Å². The second kappa shape index (κ2) is 5.26. The van der Waals surface area contributed by atoms with Crippen molar-refractivity contribution in [1.82, 2.24) is 10.2 Å². The minimum atomic E-state index is 0.543. The van der Waals surface area contributed by atoms with Crippen LogP contribution in [0, 0.1) is 0 Å². The van der Waals surface area contributed by atoms with E-state index in [4.69, 9.17) is 5.21 Å². The summed E-state index contributed by atoms with van der Waals surface area (Å²) in [6.07, 6.45) is 2.55. The lowest BCUT2D eigenvalue weighted by atomic mass is 10.3. The lowest BCUT2D eigenvalue weighted by Gasteiger charge is -2.02. The Morgan fingerprint density at radius 2 is 2.43 bits per heavy atom. The molecule has 5 nitrogen and oxygen atoms in total. The van der Waals surface area contributed by atoms with Crippen molar-refractivity contribution in [3.05, 3.63) is 11.8 Å². The maximum Gasteiger partial charge on any atom is 0.153 e. The third-order valence-electron chi connectivity index (χ3n) is 1.89. The van der Waals surface area contributed by atoms with E-state index < -0.39 is 0 Å². The number of amidine groups is 1. The Hall–Kier alpha value is -1.52. The van der Waals surface area contributed by atoms with Crippen LogP contribution in [0.3, 0.4) is 0 Å². The third-order valence-corrected chi connectivity index (χ3v) is 1.89. The van der Waals surface area contributed by atoms with Crippen LogP contribution in [0.1, 0.15) is 32.4 Å². The molecule has 78 valence electrons. The fourth-order valence-corrected chi connectivity index (χ4v) is 1.13. The van der Waals surface area contributed by atoms with Gasteiger partial charge >= 0.3 is 0 Å². The van der Waals surface area contributed by atoms with Crippen LogP contribution in [0.2, 0.25) is 0 Å². The van der Waals surface area contributed by atoms with E-state index in [0.29, 0.717) is 18.1 Å². The average molecular weight is 196 g/mol. The van der Waals surface area contributed by atoms with Gasteiger partial charge in [-0.2, -0.15) is 5.10 Å². The minimum Gasteiger partial charge on any atom is -0.409 e. The van der Waals surface area contributed by atoms with E-state index in [0.717, 1.165) is 18.5 Å². The topological polar surface area (TPSA) is 73.3 Å². The van der Waals surface area contributed by atoms with Crippen molar-refractivity contribution < 1.29 is 5.21 Å². The van der Waals surface area contributed by atoms with Crippen molar-refractivity contribution in [2.75, 3.05) is 5.32 Å². The molecule has 0 unspecified atom stereocenters. The van der Waals surface area contributed by atoms with Gasteiger partial charge < -0.3 is 10.5 Å². The van der Waals surface area contributed by atoms with Crippen molar-refractivity contribution in [2.45, 2.75) is 33.1 Å². The van der Waals surface area contributed by atoms with E-state index >= 15 is 0 Å². The highest BCUT2D eigenvalue weighted by Gasteiger charge is 2.02. The first-order valence-corrected chi connectivity index (χ1v) is 4.82. The Morgan fingerprint density at radius 3 is 2.93 bits per heavy atom. The summed E-state index contributed by atoms with van der Waals surface area (Å²) in [5, 5.41) is 21.7. The van der Waals surface area contributed by atoms with Crippen LogP contribution in [0.25, 0.3) is 0 Å². The fourth-order valence-electron chi connectivity index (χ4n) is 1.13. The monoisotopic (exact) mass is 196 g/mol. The summed E-state index contributed by atoms with van der Waals surface area (Å²) in [5.74, 6) is 1.24. The quantitative estimate of drug-likeness (QED) is 0.298. The molecule has 0 aliphatic carbocycles. The highest BCUT2D eigenvalue weighted by atomic mass is 16.4. The first-order chi connectivity index (χ1) is 6.80. The number of aromatic amines is 1. The standard InChI is InChI=1S/C9H16N4O/c1-3-5-8(13-14)10-9-6-7(4-2)11-12-9/h6,14H,3-5H2,1-2H3,(H2,10,11,12,13). The summed E-state index contributed by atoms with van der Waals surface area (Å²) < 4.78 is 0. The molecule has 0 aliphatic rings.